The fraction of sp³-hybridized carbons (Fsp3) is 0.615. The Morgan fingerprint density at radius 2 is 1.76 bits per heavy atom. The highest BCUT2D eigenvalue weighted by Gasteiger charge is 2.23. The van der Waals surface area contributed by atoms with E-state index in [0.717, 1.165) is 0 Å². The number of aliphatic imine (C=N–C) groups is 1. The van der Waals surface area contributed by atoms with Gasteiger partial charge in [-0.15, -0.1) is 0 Å². The summed E-state index contributed by atoms with van der Waals surface area (Å²) < 4.78 is 0. The maximum atomic E-state index is 12.0. The molecule has 0 fully saturated rings. The molecule has 0 aromatic heterocycles. The SMILES string of the molecule is CC(NC(=O)CNC(=O)CN)C(=O)NC(CCCN=C(N)N)C(=O)O. The number of hydrogen-bond acceptors (Lipinski definition) is 6. The number of hydrogen-bond donors (Lipinski definition) is 7. The second-order valence-corrected chi connectivity index (χ2v) is 5.12. The number of rotatable bonds is 11. The van der Waals surface area contributed by atoms with Crippen LogP contribution in [0.3, 0.4) is 0 Å². The maximum absolute atomic E-state index is 12.0. The van der Waals surface area contributed by atoms with Crippen molar-refractivity contribution in [1.29, 1.82) is 0 Å². The van der Waals surface area contributed by atoms with Crippen LogP contribution in [0.5, 0.6) is 0 Å². The number of nitrogens with one attached hydrogen (secondary N) is 3. The number of carboxylic acid groups (broad SMARTS) is 1. The molecular formula is C13H25N7O5. The van der Waals surface area contributed by atoms with E-state index in [0.29, 0.717) is 6.42 Å². The quantitative estimate of drug-likeness (QED) is 0.110. The molecule has 0 saturated heterocycles. The average molecular weight is 359 g/mol. The molecule has 2 atom stereocenters. The van der Waals surface area contributed by atoms with Gasteiger partial charge in [0.05, 0.1) is 13.1 Å². The molecule has 0 spiro atoms. The summed E-state index contributed by atoms with van der Waals surface area (Å²) >= 11 is 0. The molecule has 25 heavy (non-hydrogen) atoms. The number of carboxylic acids is 1. The monoisotopic (exact) mass is 359 g/mol. The Hall–Kier alpha value is -2.89. The molecule has 0 saturated carbocycles. The molecule has 0 bridgehead atoms. The summed E-state index contributed by atoms with van der Waals surface area (Å²) in [5.41, 5.74) is 15.4. The minimum atomic E-state index is -1.22. The predicted octanol–water partition coefficient (Wildman–Crippen LogP) is -3.81. The van der Waals surface area contributed by atoms with Crippen LogP contribution in [0.2, 0.25) is 0 Å². The summed E-state index contributed by atoms with van der Waals surface area (Å²) in [7, 11) is 0. The third-order valence-corrected chi connectivity index (χ3v) is 2.96. The first-order chi connectivity index (χ1) is 11.7. The molecule has 142 valence electrons. The van der Waals surface area contributed by atoms with Crippen LogP contribution in [0.4, 0.5) is 0 Å². The Morgan fingerprint density at radius 1 is 1.12 bits per heavy atom. The largest absolute Gasteiger partial charge is 0.480 e. The Kier molecular flexibility index (Phi) is 10.3. The van der Waals surface area contributed by atoms with Crippen molar-refractivity contribution in [3.8, 4) is 0 Å². The van der Waals surface area contributed by atoms with E-state index in [1.165, 1.54) is 6.92 Å². The predicted molar refractivity (Wildman–Crippen MR) is 89.1 cm³/mol. The fourth-order valence-corrected chi connectivity index (χ4v) is 1.67. The smallest absolute Gasteiger partial charge is 0.326 e. The van der Waals surface area contributed by atoms with Gasteiger partial charge in [0.15, 0.2) is 5.96 Å². The highest BCUT2D eigenvalue weighted by atomic mass is 16.4. The number of nitrogens with zero attached hydrogens (tertiary/aromatic N) is 1. The molecule has 12 nitrogen and oxygen atoms in total. The molecule has 0 aliphatic heterocycles. The number of carbonyl (C=O) groups is 4. The van der Waals surface area contributed by atoms with Crippen molar-refractivity contribution in [3.05, 3.63) is 0 Å². The normalized spacial score (nSPS) is 12.4. The molecular weight excluding hydrogens is 334 g/mol. The lowest BCUT2D eigenvalue weighted by Gasteiger charge is -2.18. The molecule has 0 aromatic carbocycles. The first kappa shape index (κ1) is 22.1. The van der Waals surface area contributed by atoms with Crippen molar-refractivity contribution >= 4 is 29.7 Å². The minimum Gasteiger partial charge on any atom is -0.480 e. The Morgan fingerprint density at radius 3 is 2.28 bits per heavy atom. The summed E-state index contributed by atoms with van der Waals surface area (Å²) in [5.74, 6) is -3.11. The van der Waals surface area contributed by atoms with E-state index >= 15 is 0 Å². The fourth-order valence-electron chi connectivity index (χ4n) is 1.67. The van der Waals surface area contributed by atoms with Crippen LogP contribution in [0, 0.1) is 0 Å². The standard InChI is InChI=1S/C13H25N7O5/c1-7(19-10(22)6-18-9(21)5-14)11(23)20-8(12(24)25)3-2-4-17-13(15)16/h7-8H,2-6,14H2,1H3,(H,18,21)(H,19,22)(H,20,23)(H,24,25)(H4,15,16,17). The first-order valence-corrected chi connectivity index (χ1v) is 7.52. The molecule has 10 N–H and O–H groups in total. The summed E-state index contributed by atoms with van der Waals surface area (Å²) in [4.78, 5) is 49.4. The van der Waals surface area contributed by atoms with Crippen molar-refractivity contribution in [3.63, 3.8) is 0 Å². The Bertz CT molecular complexity index is 519. The van der Waals surface area contributed by atoms with Crippen LogP contribution < -0.4 is 33.2 Å². The lowest BCUT2D eigenvalue weighted by Crippen LogP contribution is -2.52. The number of aliphatic carboxylic acids is 1. The van der Waals surface area contributed by atoms with Crippen molar-refractivity contribution < 1.29 is 24.3 Å². The maximum Gasteiger partial charge on any atom is 0.326 e. The lowest BCUT2D eigenvalue weighted by molar-refractivity contribution is -0.142. The van der Waals surface area contributed by atoms with E-state index in [1.807, 2.05) is 0 Å². The van der Waals surface area contributed by atoms with Gasteiger partial charge in [-0.2, -0.15) is 0 Å². The van der Waals surface area contributed by atoms with Gasteiger partial charge in [-0.1, -0.05) is 0 Å². The summed E-state index contributed by atoms with van der Waals surface area (Å²) in [5, 5.41) is 16.0. The van der Waals surface area contributed by atoms with E-state index in [4.69, 9.17) is 22.3 Å². The second-order valence-electron chi connectivity index (χ2n) is 5.12. The zero-order valence-electron chi connectivity index (χ0n) is 13.9. The molecule has 0 aliphatic carbocycles. The van der Waals surface area contributed by atoms with Gasteiger partial charge in [0, 0.05) is 6.54 Å². The van der Waals surface area contributed by atoms with E-state index in [1.54, 1.807) is 0 Å². The summed E-state index contributed by atoms with van der Waals surface area (Å²) in [6, 6.07) is -2.13. The summed E-state index contributed by atoms with van der Waals surface area (Å²) in [6.07, 6.45) is 0.464. The van der Waals surface area contributed by atoms with Crippen LogP contribution in [-0.4, -0.2) is 66.5 Å². The second kappa shape index (κ2) is 11.6. The zero-order valence-corrected chi connectivity index (χ0v) is 13.9. The minimum absolute atomic E-state index is 0.103. The van der Waals surface area contributed by atoms with Gasteiger partial charge in [-0.05, 0) is 19.8 Å². The van der Waals surface area contributed by atoms with Crippen LogP contribution >= 0.6 is 0 Å². The van der Waals surface area contributed by atoms with E-state index < -0.39 is 35.8 Å². The van der Waals surface area contributed by atoms with Gasteiger partial charge in [-0.25, -0.2) is 4.79 Å². The van der Waals surface area contributed by atoms with Gasteiger partial charge in [0.1, 0.15) is 12.1 Å². The zero-order chi connectivity index (χ0) is 19.4. The van der Waals surface area contributed by atoms with Gasteiger partial charge in [0.25, 0.3) is 0 Å². The Labute approximate surface area is 144 Å². The first-order valence-electron chi connectivity index (χ1n) is 7.52. The third-order valence-electron chi connectivity index (χ3n) is 2.96. The van der Waals surface area contributed by atoms with Gasteiger partial charge in [0.2, 0.25) is 17.7 Å². The molecule has 2 unspecified atom stereocenters. The van der Waals surface area contributed by atoms with E-state index in [9.17, 15) is 19.2 Å². The number of nitrogens with two attached hydrogens (primary N) is 3. The number of guanidine groups is 1. The van der Waals surface area contributed by atoms with Gasteiger partial charge >= 0.3 is 5.97 Å². The van der Waals surface area contributed by atoms with E-state index in [2.05, 4.69) is 20.9 Å². The summed E-state index contributed by atoms with van der Waals surface area (Å²) in [6.45, 7) is 1.02. The average Bonchev–Trinajstić information content (AvgIpc) is 2.54. The van der Waals surface area contributed by atoms with Gasteiger partial charge in [-0.3, -0.25) is 19.4 Å². The van der Waals surface area contributed by atoms with Crippen molar-refractivity contribution in [2.75, 3.05) is 19.6 Å². The molecule has 0 aliphatic rings. The molecule has 0 aromatic rings. The highest BCUT2D eigenvalue weighted by Crippen LogP contribution is 1.99. The molecule has 3 amide bonds. The van der Waals surface area contributed by atoms with Crippen molar-refractivity contribution in [1.82, 2.24) is 16.0 Å². The van der Waals surface area contributed by atoms with Crippen LogP contribution in [-0.2, 0) is 19.2 Å². The van der Waals surface area contributed by atoms with Gasteiger partial charge < -0.3 is 38.3 Å². The molecule has 0 radical (unpaired) electrons. The van der Waals surface area contributed by atoms with Crippen LogP contribution in [0.1, 0.15) is 19.8 Å². The molecule has 0 rings (SSSR count). The lowest BCUT2D eigenvalue weighted by atomic mass is 10.1. The highest BCUT2D eigenvalue weighted by molar-refractivity contribution is 5.91. The van der Waals surface area contributed by atoms with Crippen LogP contribution in [0.25, 0.3) is 0 Å². The molecule has 0 heterocycles. The molecule has 12 heteroatoms. The Balaban J connectivity index is 4.39. The topological polar surface area (TPSA) is 215 Å². The van der Waals surface area contributed by atoms with Crippen molar-refractivity contribution in [2.45, 2.75) is 31.8 Å². The van der Waals surface area contributed by atoms with Crippen LogP contribution in [0.15, 0.2) is 4.99 Å². The third kappa shape index (κ3) is 10.5. The number of amides is 3. The number of carbonyl (C=O) groups excluding carboxylic acids is 3. The van der Waals surface area contributed by atoms with Crippen molar-refractivity contribution in [2.24, 2.45) is 22.2 Å². The van der Waals surface area contributed by atoms with E-state index in [-0.39, 0.29) is 32.0 Å².